The first-order chi connectivity index (χ1) is 14.6. The Morgan fingerprint density at radius 2 is 1.70 bits per heavy atom. The van der Waals surface area contributed by atoms with E-state index in [-0.39, 0.29) is 6.79 Å². The van der Waals surface area contributed by atoms with E-state index < -0.39 is 0 Å². The van der Waals surface area contributed by atoms with Gasteiger partial charge >= 0.3 is 0 Å². The number of hydrogen-bond acceptors (Lipinski definition) is 5. The van der Waals surface area contributed by atoms with Crippen molar-refractivity contribution in [2.45, 2.75) is 20.1 Å². The summed E-state index contributed by atoms with van der Waals surface area (Å²) >= 11 is 5.56. The molecule has 0 radical (unpaired) electrons. The number of ether oxygens (including phenoxy) is 4. The third-order valence-corrected chi connectivity index (χ3v) is 5.21. The maximum Gasteiger partial charge on any atom is 0.231 e. The Morgan fingerprint density at radius 3 is 2.50 bits per heavy atom. The van der Waals surface area contributed by atoms with Crippen LogP contribution in [-0.2, 0) is 13.2 Å². The standard InChI is InChI=1S/C24H23NO4S/c1-16-3-5-17(6-4-16)14-27-20-10-8-19(12-22(20)26-2)24(30)25-13-18-7-9-21-23(11-18)29-15-28-21/h3-12H,13-15H2,1-2H3,(H,25,30). The van der Waals surface area contributed by atoms with Gasteiger partial charge in [-0.2, -0.15) is 0 Å². The molecule has 0 unspecified atom stereocenters. The average molecular weight is 422 g/mol. The maximum absolute atomic E-state index is 5.95. The van der Waals surface area contributed by atoms with Crippen LogP contribution in [0.4, 0.5) is 0 Å². The molecular formula is C24H23NO4S. The molecule has 1 aliphatic heterocycles. The minimum Gasteiger partial charge on any atom is -0.493 e. The van der Waals surface area contributed by atoms with E-state index in [1.54, 1.807) is 7.11 Å². The molecule has 0 saturated carbocycles. The number of thiocarbonyl (C=S) groups is 1. The summed E-state index contributed by atoms with van der Waals surface area (Å²) < 4.78 is 22.2. The average Bonchev–Trinajstić information content (AvgIpc) is 3.25. The lowest BCUT2D eigenvalue weighted by Gasteiger charge is -2.14. The van der Waals surface area contributed by atoms with Crippen molar-refractivity contribution in [3.8, 4) is 23.0 Å². The van der Waals surface area contributed by atoms with Crippen molar-refractivity contribution >= 4 is 17.2 Å². The SMILES string of the molecule is COc1cc(C(=S)NCc2ccc3c(c2)OCO3)ccc1OCc1ccc(C)cc1. The Labute approximate surface area is 181 Å². The first kappa shape index (κ1) is 20.0. The maximum atomic E-state index is 5.95. The van der Waals surface area contributed by atoms with Crippen LogP contribution in [0.15, 0.2) is 60.7 Å². The molecule has 0 fully saturated rings. The van der Waals surface area contributed by atoms with E-state index in [0.29, 0.717) is 29.6 Å². The van der Waals surface area contributed by atoms with Gasteiger partial charge in [0, 0.05) is 12.1 Å². The van der Waals surface area contributed by atoms with Crippen LogP contribution in [0.2, 0.25) is 0 Å². The molecule has 0 aliphatic carbocycles. The Hall–Kier alpha value is -3.25. The van der Waals surface area contributed by atoms with Crippen LogP contribution in [0.25, 0.3) is 0 Å². The summed E-state index contributed by atoms with van der Waals surface area (Å²) in [7, 11) is 1.63. The molecule has 1 aliphatic rings. The highest BCUT2D eigenvalue weighted by atomic mass is 32.1. The van der Waals surface area contributed by atoms with Gasteiger partial charge in [0.1, 0.15) is 11.6 Å². The van der Waals surface area contributed by atoms with E-state index in [2.05, 4.69) is 36.5 Å². The van der Waals surface area contributed by atoms with Gasteiger partial charge in [0.15, 0.2) is 23.0 Å². The molecule has 3 aromatic carbocycles. The van der Waals surface area contributed by atoms with Crippen LogP contribution in [0.5, 0.6) is 23.0 Å². The van der Waals surface area contributed by atoms with Crippen molar-refractivity contribution in [3.05, 3.63) is 82.9 Å². The van der Waals surface area contributed by atoms with Crippen molar-refractivity contribution < 1.29 is 18.9 Å². The van der Waals surface area contributed by atoms with Crippen LogP contribution in [0, 0.1) is 6.92 Å². The second kappa shape index (κ2) is 9.05. The molecule has 0 spiro atoms. The second-order valence-electron chi connectivity index (χ2n) is 7.01. The van der Waals surface area contributed by atoms with E-state index in [1.807, 2.05) is 36.4 Å². The van der Waals surface area contributed by atoms with E-state index in [9.17, 15) is 0 Å². The van der Waals surface area contributed by atoms with Crippen molar-refractivity contribution in [3.63, 3.8) is 0 Å². The molecular weight excluding hydrogens is 398 g/mol. The predicted molar refractivity (Wildman–Crippen MR) is 120 cm³/mol. The lowest BCUT2D eigenvalue weighted by Crippen LogP contribution is -2.21. The summed E-state index contributed by atoms with van der Waals surface area (Å²) in [6, 6.07) is 19.8. The Kier molecular flexibility index (Phi) is 6.05. The highest BCUT2D eigenvalue weighted by Gasteiger charge is 2.14. The van der Waals surface area contributed by atoms with Crippen molar-refractivity contribution in [2.75, 3.05) is 13.9 Å². The van der Waals surface area contributed by atoms with Crippen LogP contribution in [-0.4, -0.2) is 18.9 Å². The minimum atomic E-state index is 0.267. The largest absolute Gasteiger partial charge is 0.493 e. The number of benzene rings is 3. The number of rotatable bonds is 7. The van der Waals surface area contributed by atoms with Gasteiger partial charge in [-0.3, -0.25) is 0 Å². The predicted octanol–water partition coefficient (Wildman–Crippen LogP) is 4.78. The van der Waals surface area contributed by atoms with E-state index in [4.69, 9.17) is 31.2 Å². The molecule has 3 aromatic rings. The van der Waals surface area contributed by atoms with Gasteiger partial charge in [-0.05, 0) is 48.4 Å². The third kappa shape index (κ3) is 4.66. The normalized spacial score (nSPS) is 11.8. The molecule has 1 N–H and O–H groups in total. The fourth-order valence-corrected chi connectivity index (χ4v) is 3.31. The summed E-state index contributed by atoms with van der Waals surface area (Å²) in [6.07, 6.45) is 0. The lowest BCUT2D eigenvalue weighted by molar-refractivity contribution is 0.174. The van der Waals surface area contributed by atoms with Gasteiger partial charge < -0.3 is 24.3 Å². The zero-order chi connectivity index (χ0) is 20.9. The molecule has 5 nitrogen and oxygen atoms in total. The Morgan fingerprint density at radius 1 is 0.933 bits per heavy atom. The molecule has 0 amide bonds. The van der Waals surface area contributed by atoms with Crippen LogP contribution in [0.3, 0.4) is 0 Å². The molecule has 30 heavy (non-hydrogen) atoms. The summed E-state index contributed by atoms with van der Waals surface area (Å²) in [6.45, 7) is 3.39. The number of nitrogens with one attached hydrogen (secondary N) is 1. The molecule has 0 saturated heterocycles. The lowest BCUT2D eigenvalue weighted by atomic mass is 10.1. The zero-order valence-electron chi connectivity index (χ0n) is 16.9. The Bertz CT molecular complexity index is 1050. The van der Waals surface area contributed by atoms with E-state index in [0.717, 1.165) is 28.2 Å². The summed E-state index contributed by atoms with van der Waals surface area (Å²) in [5.41, 5.74) is 4.26. The second-order valence-corrected chi connectivity index (χ2v) is 7.42. The van der Waals surface area contributed by atoms with Gasteiger partial charge in [0.05, 0.1) is 7.11 Å². The Balaban J connectivity index is 1.38. The zero-order valence-corrected chi connectivity index (χ0v) is 17.8. The van der Waals surface area contributed by atoms with E-state index >= 15 is 0 Å². The molecule has 0 atom stereocenters. The van der Waals surface area contributed by atoms with Crippen LogP contribution >= 0.6 is 12.2 Å². The van der Waals surface area contributed by atoms with Crippen molar-refractivity contribution in [2.24, 2.45) is 0 Å². The van der Waals surface area contributed by atoms with Crippen molar-refractivity contribution in [1.29, 1.82) is 0 Å². The van der Waals surface area contributed by atoms with E-state index in [1.165, 1.54) is 5.56 Å². The summed E-state index contributed by atoms with van der Waals surface area (Å²) in [5.74, 6) is 2.86. The smallest absolute Gasteiger partial charge is 0.231 e. The first-order valence-electron chi connectivity index (χ1n) is 9.65. The fraction of sp³-hybridized carbons (Fsp3) is 0.208. The minimum absolute atomic E-state index is 0.267. The topological polar surface area (TPSA) is 49.0 Å². The highest BCUT2D eigenvalue weighted by Crippen LogP contribution is 2.32. The van der Waals surface area contributed by atoms with Gasteiger partial charge in [-0.25, -0.2) is 0 Å². The molecule has 154 valence electrons. The summed E-state index contributed by atoms with van der Waals surface area (Å²) in [4.78, 5) is 0.635. The molecule has 0 bridgehead atoms. The van der Waals surface area contributed by atoms with Crippen molar-refractivity contribution in [1.82, 2.24) is 5.32 Å². The number of hydrogen-bond donors (Lipinski definition) is 1. The number of aryl methyl sites for hydroxylation is 1. The highest BCUT2D eigenvalue weighted by molar-refractivity contribution is 7.80. The monoisotopic (exact) mass is 421 g/mol. The molecule has 1 heterocycles. The molecule has 0 aromatic heterocycles. The number of fused-ring (bicyclic) bond motifs is 1. The molecule has 6 heteroatoms. The van der Waals surface area contributed by atoms with Gasteiger partial charge in [-0.15, -0.1) is 0 Å². The number of methoxy groups -OCH3 is 1. The fourth-order valence-electron chi connectivity index (χ4n) is 3.11. The first-order valence-corrected chi connectivity index (χ1v) is 10.1. The molecule has 4 rings (SSSR count). The van der Waals surface area contributed by atoms with Gasteiger partial charge in [0.2, 0.25) is 6.79 Å². The van der Waals surface area contributed by atoms with Gasteiger partial charge in [-0.1, -0.05) is 48.1 Å². The van der Waals surface area contributed by atoms with Crippen LogP contribution < -0.4 is 24.3 Å². The quantitative estimate of drug-likeness (QED) is 0.554. The third-order valence-electron chi connectivity index (χ3n) is 4.83. The van der Waals surface area contributed by atoms with Crippen LogP contribution in [0.1, 0.15) is 22.3 Å². The summed E-state index contributed by atoms with van der Waals surface area (Å²) in [5, 5.41) is 3.28. The van der Waals surface area contributed by atoms with Gasteiger partial charge in [0.25, 0.3) is 0 Å².